The fraction of sp³-hybridized carbons (Fsp3) is 0.300. The summed E-state index contributed by atoms with van der Waals surface area (Å²) in [6, 6.07) is 12.7. The molecular weight excluding hydrogens is 348 g/mol. The summed E-state index contributed by atoms with van der Waals surface area (Å²) in [5.74, 6) is 0.606. The third-order valence-corrected chi connectivity index (χ3v) is 3.65. The summed E-state index contributed by atoms with van der Waals surface area (Å²) in [5, 5.41) is 5.50. The van der Waals surface area contributed by atoms with Crippen molar-refractivity contribution < 1.29 is 23.8 Å². The van der Waals surface area contributed by atoms with Crippen molar-refractivity contribution in [3.8, 4) is 11.5 Å². The molecule has 2 aromatic rings. The molecule has 27 heavy (non-hydrogen) atoms. The normalized spacial score (nSPS) is 10.2. The number of amides is 2. The predicted molar refractivity (Wildman–Crippen MR) is 102 cm³/mol. The standard InChI is InChI=1S/C20H24N2O5/c1-14-7-8-17(18(9-14)26-3)27-13-19(23)21-11-15-5-4-6-16(10-15)22-20(24)12-25-2/h4-10H,11-13H2,1-3H3,(H,21,23)(H,22,24). The van der Waals surface area contributed by atoms with Gasteiger partial charge >= 0.3 is 0 Å². The minimum absolute atomic E-state index is 0.0131. The SMILES string of the molecule is COCC(=O)Nc1cccc(CNC(=O)COc2ccc(C)cc2OC)c1. The van der Waals surface area contributed by atoms with Crippen LogP contribution in [0.4, 0.5) is 5.69 Å². The van der Waals surface area contributed by atoms with Crippen LogP contribution < -0.4 is 20.1 Å². The van der Waals surface area contributed by atoms with E-state index in [-0.39, 0.29) is 25.0 Å². The molecule has 0 aliphatic rings. The van der Waals surface area contributed by atoms with Gasteiger partial charge in [-0.05, 0) is 42.3 Å². The number of nitrogens with one attached hydrogen (secondary N) is 2. The second-order valence-corrected chi connectivity index (χ2v) is 5.90. The van der Waals surface area contributed by atoms with E-state index in [1.54, 1.807) is 31.4 Å². The van der Waals surface area contributed by atoms with Crippen molar-refractivity contribution in [2.24, 2.45) is 0 Å². The van der Waals surface area contributed by atoms with Crippen LogP contribution in [0.5, 0.6) is 11.5 Å². The van der Waals surface area contributed by atoms with Crippen molar-refractivity contribution in [1.29, 1.82) is 0 Å². The number of hydrogen-bond donors (Lipinski definition) is 2. The molecule has 0 heterocycles. The zero-order valence-electron chi connectivity index (χ0n) is 15.7. The third kappa shape index (κ3) is 6.63. The minimum Gasteiger partial charge on any atom is -0.493 e. The Kier molecular flexibility index (Phi) is 7.63. The molecule has 0 unspecified atom stereocenters. The van der Waals surface area contributed by atoms with Crippen molar-refractivity contribution in [2.45, 2.75) is 13.5 Å². The van der Waals surface area contributed by atoms with Crippen molar-refractivity contribution >= 4 is 17.5 Å². The van der Waals surface area contributed by atoms with E-state index in [4.69, 9.17) is 14.2 Å². The molecule has 0 aliphatic carbocycles. The van der Waals surface area contributed by atoms with Gasteiger partial charge in [-0.25, -0.2) is 0 Å². The molecule has 0 radical (unpaired) electrons. The molecule has 0 aromatic heterocycles. The van der Waals surface area contributed by atoms with E-state index in [1.165, 1.54) is 7.11 Å². The number of carbonyl (C=O) groups is 2. The average molecular weight is 372 g/mol. The lowest BCUT2D eigenvalue weighted by Gasteiger charge is -2.12. The molecule has 7 nitrogen and oxygen atoms in total. The van der Waals surface area contributed by atoms with Crippen molar-refractivity contribution in [2.75, 3.05) is 32.8 Å². The first-order chi connectivity index (χ1) is 13.0. The number of carbonyl (C=O) groups excluding carboxylic acids is 2. The smallest absolute Gasteiger partial charge is 0.258 e. The lowest BCUT2D eigenvalue weighted by atomic mass is 10.2. The monoisotopic (exact) mass is 372 g/mol. The van der Waals surface area contributed by atoms with Gasteiger partial charge < -0.3 is 24.8 Å². The minimum atomic E-state index is -0.258. The van der Waals surface area contributed by atoms with Gasteiger partial charge in [0.15, 0.2) is 18.1 Å². The van der Waals surface area contributed by atoms with Crippen molar-refractivity contribution in [1.82, 2.24) is 5.32 Å². The Hall–Kier alpha value is -3.06. The van der Waals surface area contributed by atoms with Crippen LogP contribution >= 0.6 is 0 Å². The molecule has 144 valence electrons. The zero-order valence-corrected chi connectivity index (χ0v) is 15.7. The van der Waals surface area contributed by atoms with E-state index in [9.17, 15) is 9.59 Å². The van der Waals surface area contributed by atoms with E-state index >= 15 is 0 Å². The lowest BCUT2D eigenvalue weighted by Crippen LogP contribution is -2.28. The summed E-state index contributed by atoms with van der Waals surface area (Å²) >= 11 is 0. The Morgan fingerprint density at radius 1 is 0.963 bits per heavy atom. The van der Waals surface area contributed by atoms with Gasteiger partial charge in [0.1, 0.15) is 6.61 Å². The Balaban J connectivity index is 1.84. The first kappa shape index (κ1) is 20.3. The molecule has 2 N–H and O–H groups in total. The van der Waals surface area contributed by atoms with Crippen LogP contribution in [-0.4, -0.2) is 39.2 Å². The molecule has 0 spiro atoms. The van der Waals surface area contributed by atoms with Gasteiger partial charge in [0, 0.05) is 19.3 Å². The first-order valence-electron chi connectivity index (χ1n) is 8.43. The molecule has 0 saturated carbocycles. The van der Waals surface area contributed by atoms with E-state index < -0.39 is 0 Å². The maximum absolute atomic E-state index is 12.0. The van der Waals surface area contributed by atoms with E-state index in [0.29, 0.717) is 23.7 Å². The molecule has 2 aromatic carbocycles. The molecule has 0 bridgehead atoms. The summed E-state index contributed by atoms with van der Waals surface area (Å²) in [6.45, 7) is 2.14. The van der Waals surface area contributed by atoms with Crippen molar-refractivity contribution in [3.05, 3.63) is 53.6 Å². The fourth-order valence-corrected chi connectivity index (χ4v) is 2.38. The molecule has 2 rings (SSSR count). The summed E-state index contributed by atoms with van der Waals surface area (Å²) < 4.78 is 15.6. The largest absolute Gasteiger partial charge is 0.493 e. The quantitative estimate of drug-likeness (QED) is 0.705. The fourth-order valence-electron chi connectivity index (χ4n) is 2.38. The second-order valence-electron chi connectivity index (χ2n) is 5.90. The number of ether oxygens (including phenoxy) is 3. The van der Waals surface area contributed by atoms with E-state index in [0.717, 1.165) is 11.1 Å². The molecule has 0 saturated heterocycles. The molecule has 0 atom stereocenters. The summed E-state index contributed by atoms with van der Waals surface area (Å²) in [5.41, 5.74) is 2.54. The summed E-state index contributed by atoms with van der Waals surface area (Å²) in [6.07, 6.45) is 0. The van der Waals surface area contributed by atoms with Gasteiger partial charge in [-0.1, -0.05) is 18.2 Å². The van der Waals surface area contributed by atoms with Crippen LogP contribution in [0.15, 0.2) is 42.5 Å². The third-order valence-electron chi connectivity index (χ3n) is 3.65. The highest BCUT2D eigenvalue weighted by molar-refractivity contribution is 5.91. The van der Waals surface area contributed by atoms with Crippen LogP contribution in [0, 0.1) is 6.92 Å². The number of benzene rings is 2. The van der Waals surface area contributed by atoms with Crippen LogP contribution in [0.3, 0.4) is 0 Å². The summed E-state index contributed by atoms with van der Waals surface area (Å²) in [7, 11) is 3.01. The molecule has 7 heteroatoms. The van der Waals surface area contributed by atoms with Crippen molar-refractivity contribution in [3.63, 3.8) is 0 Å². The highest BCUT2D eigenvalue weighted by Crippen LogP contribution is 2.27. The Morgan fingerprint density at radius 3 is 2.52 bits per heavy atom. The van der Waals surface area contributed by atoms with Crippen LogP contribution in [0.2, 0.25) is 0 Å². The van der Waals surface area contributed by atoms with Gasteiger partial charge in [0.05, 0.1) is 7.11 Å². The molecular formula is C20H24N2O5. The Labute approximate surface area is 158 Å². The number of methoxy groups -OCH3 is 2. The van der Waals surface area contributed by atoms with E-state index in [2.05, 4.69) is 10.6 Å². The topological polar surface area (TPSA) is 85.9 Å². The number of hydrogen-bond acceptors (Lipinski definition) is 5. The molecule has 0 aliphatic heterocycles. The maximum atomic E-state index is 12.0. The van der Waals surface area contributed by atoms with Gasteiger partial charge in [-0.15, -0.1) is 0 Å². The molecule has 0 fully saturated rings. The average Bonchev–Trinajstić information content (AvgIpc) is 2.65. The Bertz CT molecular complexity index is 792. The van der Waals surface area contributed by atoms with Crippen LogP contribution in [0.1, 0.15) is 11.1 Å². The van der Waals surface area contributed by atoms with Crippen LogP contribution in [0.25, 0.3) is 0 Å². The highest BCUT2D eigenvalue weighted by Gasteiger charge is 2.08. The summed E-state index contributed by atoms with van der Waals surface area (Å²) in [4.78, 5) is 23.6. The van der Waals surface area contributed by atoms with Gasteiger partial charge in [0.25, 0.3) is 5.91 Å². The van der Waals surface area contributed by atoms with Gasteiger partial charge in [-0.3, -0.25) is 9.59 Å². The van der Waals surface area contributed by atoms with Gasteiger partial charge in [-0.2, -0.15) is 0 Å². The predicted octanol–water partition coefficient (Wildman–Crippen LogP) is 2.28. The second kappa shape index (κ2) is 10.2. The first-order valence-corrected chi connectivity index (χ1v) is 8.43. The lowest BCUT2D eigenvalue weighted by molar-refractivity contribution is -0.123. The molecule has 2 amide bonds. The highest BCUT2D eigenvalue weighted by atomic mass is 16.5. The van der Waals surface area contributed by atoms with Gasteiger partial charge in [0.2, 0.25) is 5.91 Å². The number of aryl methyl sites for hydroxylation is 1. The van der Waals surface area contributed by atoms with E-state index in [1.807, 2.05) is 25.1 Å². The number of anilines is 1. The number of rotatable bonds is 9. The zero-order chi connectivity index (χ0) is 19.6. The maximum Gasteiger partial charge on any atom is 0.258 e. The Morgan fingerprint density at radius 2 is 1.78 bits per heavy atom. The van der Waals surface area contributed by atoms with Crippen LogP contribution in [-0.2, 0) is 20.9 Å².